The van der Waals surface area contributed by atoms with E-state index in [4.69, 9.17) is 15.2 Å². The summed E-state index contributed by atoms with van der Waals surface area (Å²) in [5.41, 5.74) is 10.0. The van der Waals surface area contributed by atoms with Crippen molar-refractivity contribution in [1.29, 1.82) is 0 Å². The minimum atomic E-state index is -0.706. The van der Waals surface area contributed by atoms with Gasteiger partial charge < -0.3 is 25.6 Å². The first kappa shape index (κ1) is 26.8. The molecule has 4 N–H and O–H groups in total. The summed E-state index contributed by atoms with van der Waals surface area (Å²) in [6.07, 6.45) is 2.25. The minimum Gasteiger partial charge on any atom is -0.508 e. The fourth-order valence-corrected chi connectivity index (χ4v) is 3.64. The fourth-order valence-electron chi connectivity index (χ4n) is 3.64. The number of hydrogen-bond donors (Lipinski definition) is 3. The van der Waals surface area contributed by atoms with Gasteiger partial charge in [0.2, 0.25) is 5.91 Å². The molecule has 2 atom stereocenters. The van der Waals surface area contributed by atoms with Crippen molar-refractivity contribution >= 4 is 5.91 Å². The van der Waals surface area contributed by atoms with E-state index in [0.29, 0.717) is 26.2 Å². The van der Waals surface area contributed by atoms with Gasteiger partial charge in [-0.3, -0.25) is 4.79 Å². The van der Waals surface area contributed by atoms with Gasteiger partial charge >= 0.3 is 0 Å². The number of aryl methyl sites for hydroxylation is 3. The van der Waals surface area contributed by atoms with Crippen LogP contribution in [0.5, 0.6) is 5.75 Å². The number of nitrogens with two attached hydrogens (primary N) is 1. The van der Waals surface area contributed by atoms with Gasteiger partial charge in [-0.2, -0.15) is 0 Å². The van der Waals surface area contributed by atoms with E-state index < -0.39 is 6.04 Å². The molecule has 0 saturated heterocycles. The lowest BCUT2D eigenvalue weighted by atomic mass is 9.96. The van der Waals surface area contributed by atoms with Gasteiger partial charge in [-0.05, 0) is 88.3 Å². The van der Waals surface area contributed by atoms with E-state index in [1.54, 1.807) is 12.1 Å². The smallest absolute Gasteiger partial charge is 0.237 e. The quantitative estimate of drug-likeness (QED) is 0.422. The SMILES string of the molecule is Cc1cc(O)cc(C)c1C[C@H](N)C(=O)N[C@@H](COCCCc1ccccc1)COC(C)(C)C. The number of rotatable bonds is 12. The molecule has 2 rings (SSSR count). The number of aromatic hydroxyl groups is 1. The van der Waals surface area contributed by atoms with Crippen LogP contribution in [0.4, 0.5) is 0 Å². The zero-order valence-corrected chi connectivity index (χ0v) is 20.7. The zero-order chi connectivity index (χ0) is 24.4. The molecule has 0 unspecified atom stereocenters. The maximum absolute atomic E-state index is 12.8. The summed E-state index contributed by atoms with van der Waals surface area (Å²) >= 11 is 0. The predicted molar refractivity (Wildman–Crippen MR) is 132 cm³/mol. The number of hydrogen-bond acceptors (Lipinski definition) is 5. The first-order valence-corrected chi connectivity index (χ1v) is 11.7. The molecule has 0 aromatic heterocycles. The molecular weight excluding hydrogens is 416 g/mol. The minimum absolute atomic E-state index is 0.218. The molecule has 6 nitrogen and oxygen atoms in total. The molecule has 0 bridgehead atoms. The van der Waals surface area contributed by atoms with Crippen molar-refractivity contribution in [1.82, 2.24) is 5.32 Å². The molecule has 0 fully saturated rings. The van der Waals surface area contributed by atoms with Crippen LogP contribution >= 0.6 is 0 Å². The van der Waals surface area contributed by atoms with Crippen molar-refractivity contribution in [3.8, 4) is 5.75 Å². The van der Waals surface area contributed by atoms with Gasteiger partial charge in [-0.25, -0.2) is 0 Å². The lowest BCUT2D eigenvalue weighted by Gasteiger charge is -2.26. The molecule has 0 heterocycles. The van der Waals surface area contributed by atoms with Crippen molar-refractivity contribution in [2.75, 3.05) is 19.8 Å². The van der Waals surface area contributed by atoms with Gasteiger partial charge in [-0.1, -0.05) is 30.3 Å². The fraction of sp³-hybridized carbons (Fsp3) is 0.519. The van der Waals surface area contributed by atoms with Gasteiger partial charge in [0.25, 0.3) is 0 Å². The van der Waals surface area contributed by atoms with E-state index in [9.17, 15) is 9.90 Å². The Morgan fingerprint density at radius 1 is 1.09 bits per heavy atom. The highest BCUT2D eigenvalue weighted by Crippen LogP contribution is 2.21. The lowest BCUT2D eigenvalue weighted by molar-refractivity contribution is -0.125. The maximum atomic E-state index is 12.8. The average molecular weight is 457 g/mol. The highest BCUT2D eigenvalue weighted by Gasteiger charge is 2.22. The molecule has 0 aliphatic heterocycles. The number of phenolic OH excluding ortho intramolecular Hbond substituents is 1. The lowest BCUT2D eigenvalue weighted by Crippen LogP contribution is -2.50. The Bertz CT molecular complexity index is 854. The summed E-state index contributed by atoms with van der Waals surface area (Å²) in [6, 6.07) is 12.7. The molecule has 0 aliphatic carbocycles. The average Bonchev–Trinajstić information content (AvgIpc) is 2.74. The maximum Gasteiger partial charge on any atom is 0.237 e. The Balaban J connectivity index is 1.89. The van der Waals surface area contributed by atoms with Crippen LogP contribution in [0, 0.1) is 13.8 Å². The number of phenols is 1. The largest absolute Gasteiger partial charge is 0.508 e. The summed E-state index contributed by atoms with van der Waals surface area (Å²) in [5, 5.41) is 12.8. The van der Waals surface area contributed by atoms with Crippen LogP contribution < -0.4 is 11.1 Å². The summed E-state index contributed by atoms with van der Waals surface area (Å²) in [5.74, 6) is -0.0205. The van der Waals surface area contributed by atoms with Crippen LogP contribution in [0.1, 0.15) is 49.4 Å². The van der Waals surface area contributed by atoms with Crippen LogP contribution in [-0.4, -0.2) is 48.5 Å². The third kappa shape index (κ3) is 9.95. The topological polar surface area (TPSA) is 93.8 Å². The summed E-state index contributed by atoms with van der Waals surface area (Å²) in [6.45, 7) is 11.1. The van der Waals surface area contributed by atoms with Gasteiger partial charge in [0.15, 0.2) is 0 Å². The third-order valence-corrected chi connectivity index (χ3v) is 5.42. The van der Waals surface area contributed by atoms with Crippen LogP contribution in [0.25, 0.3) is 0 Å². The molecule has 1 amide bonds. The first-order chi connectivity index (χ1) is 15.5. The second-order valence-corrected chi connectivity index (χ2v) is 9.66. The number of carbonyl (C=O) groups is 1. The van der Waals surface area contributed by atoms with E-state index in [1.165, 1.54) is 5.56 Å². The Kier molecular flexibility index (Phi) is 10.4. The van der Waals surface area contributed by atoms with Crippen molar-refractivity contribution in [2.45, 2.75) is 71.6 Å². The van der Waals surface area contributed by atoms with Crippen molar-refractivity contribution < 1.29 is 19.4 Å². The molecular formula is C27H40N2O4. The molecule has 2 aromatic rings. The van der Waals surface area contributed by atoms with E-state index in [0.717, 1.165) is 29.5 Å². The predicted octanol–water partition coefficient (Wildman–Crippen LogP) is 3.83. The Morgan fingerprint density at radius 2 is 1.73 bits per heavy atom. The highest BCUT2D eigenvalue weighted by molar-refractivity contribution is 5.82. The van der Waals surface area contributed by atoms with Crippen LogP contribution in [0.2, 0.25) is 0 Å². The third-order valence-electron chi connectivity index (χ3n) is 5.42. The number of nitrogens with one attached hydrogen (secondary N) is 1. The number of carbonyl (C=O) groups excluding carboxylic acids is 1. The normalized spacial score (nSPS) is 13.5. The zero-order valence-electron chi connectivity index (χ0n) is 20.7. The van der Waals surface area contributed by atoms with Crippen molar-refractivity contribution in [3.05, 3.63) is 64.7 Å². The van der Waals surface area contributed by atoms with Gasteiger partial charge in [-0.15, -0.1) is 0 Å². The Labute approximate surface area is 198 Å². The standard InChI is InChI=1S/C27H40N2O4/c1-19-14-23(30)15-20(2)24(19)16-25(28)26(31)29-22(18-33-27(3,4)5)17-32-13-9-12-21-10-7-6-8-11-21/h6-8,10-11,14-15,22,25,30H,9,12-13,16-18,28H2,1-5H3,(H,29,31)/t22-,25-/m0/s1. The number of benzene rings is 2. The molecule has 182 valence electrons. The van der Waals surface area contributed by atoms with Gasteiger partial charge in [0, 0.05) is 6.61 Å². The summed E-state index contributed by atoms with van der Waals surface area (Å²) in [7, 11) is 0. The molecule has 0 saturated carbocycles. The Morgan fingerprint density at radius 3 is 2.33 bits per heavy atom. The number of amides is 1. The molecule has 0 aliphatic rings. The molecule has 6 heteroatoms. The highest BCUT2D eigenvalue weighted by atomic mass is 16.5. The molecule has 2 aromatic carbocycles. The van der Waals surface area contributed by atoms with E-state index in [1.807, 2.05) is 52.8 Å². The molecule has 0 radical (unpaired) electrons. The van der Waals surface area contributed by atoms with Crippen molar-refractivity contribution in [2.24, 2.45) is 5.73 Å². The monoisotopic (exact) mass is 456 g/mol. The van der Waals surface area contributed by atoms with Crippen LogP contribution in [0.15, 0.2) is 42.5 Å². The van der Waals surface area contributed by atoms with Crippen molar-refractivity contribution in [3.63, 3.8) is 0 Å². The van der Waals surface area contributed by atoms with E-state index >= 15 is 0 Å². The van der Waals surface area contributed by atoms with E-state index in [2.05, 4.69) is 17.4 Å². The number of ether oxygens (including phenoxy) is 2. The second kappa shape index (κ2) is 12.7. The van der Waals surface area contributed by atoms with Crippen LogP contribution in [-0.2, 0) is 27.1 Å². The van der Waals surface area contributed by atoms with Crippen LogP contribution in [0.3, 0.4) is 0 Å². The first-order valence-electron chi connectivity index (χ1n) is 11.7. The Hall–Kier alpha value is -2.41. The molecule has 33 heavy (non-hydrogen) atoms. The summed E-state index contributed by atoms with van der Waals surface area (Å²) in [4.78, 5) is 12.8. The van der Waals surface area contributed by atoms with Gasteiger partial charge in [0.1, 0.15) is 5.75 Å². The second-order valence-electron chi connectivity index (χ2n) is 9.66. The molecule has 0 spiro atoms. The summed E-state index contributed by atoms with van der Waals surface area (Å²) < 4.78 is 11.8. The van der Waals surface area contributed by atoms with E-state index in [-0.39, 0.29) is 23.3 Å². The van der Waals surface area contributed by atoms with Gasteiger partial charge in [0.05, 0.1) is 30.9 Å².